The van der Waals surface area contributed by atoms with Gasteiger partial charge in [-0.15, -0.1) is 0 Å². The SMILES string of the molecule is CCOC(C)CNc1c([N+](=O)[O-])c(C(C)C)nn1C. The van der Waals surface area contributed by atoms with E-state index in [2.05, 4.69) is 10.4 Å². The molecule has 7 nitrogen and oxygen atoms in total. The Morgan fingerprint density at radius 1 is 1.47 bits per heavy atom. The van der Waals surface area contributed by atoms with Crippen molar-refractivity contribution in [2.75, 3.05) is 18.5 Å². The van der Waals surface area contributed by atoms with Gasteiger partial charge in [-0.25, -0.2) is 4.68 Å². The van der Waals surface area contributed by atoms with Gasteiger partial charge in [0, 0.05) is 26.1 Å². The summed E-state index contributed by atoms with van der Waals surface area (Å²) in [6.07, 6.45) is -0.0120. The average Bonchev–Trinajstić information content (AvgIpc) is 2.64. The number of hydrogen-bond donors (Lipinski definition) is 1. The highest BCUT2D eigenvalue weighted by Crippen LogP contribution is 2.32. The van der Waals surface area contributed by atoms with Gasteiger partial charge in [-0.1, -0.05) is 13.8 Å². The summed E-state index contributed by atoms with van der Waals surface area (Å²) in [6, 6.07) is 0. The summed E-state index contributed by atoms with van der Waals surface area (Å²) in [4.78, 5) is 10.8. The number of hydrogen-bond acceptors (Lipinski definition) is 5. The Kier molecular flexibility index (Phi) is 5.29. The van der Waals surface area contributed by atoms with Crippen molar-refractivity contribution in [3.8, 4) is 0 Å². The molecule has 0 aliphatic rings. The molecule has 0 radical (unpaired) electrons. The van der Waals surface area contributed by atoms with Crippen LogP contribution in [0.25, 0.3) is 0 Å². The first kappa shape index (κ1) is 15.4. The zero-order chi connectivity index (χ0) is 14.6. The quantitative estimate of drug-likeness (QED) is 0.607. The van der Waals surface area contributed by atoms with E-state index in [-0.39, 0.29) is 22.6 Å². The monoisotopic (exact) mass is 270 g/mol. The van der Waals surface area contributed by atoms with Crippen molar-refractivity contribution in [3.05, 3.63) is 15.8 Å². The number of nitrogens with zero attached hydrogens (tertiary/aromatic N) is 3. The zero-order valence-corrected chi connectivity index (χ0v) is 12.1. The topological polar surface area (TPSA) is 82.2 Å². The summed E-state index contributed by atoms with van der Waals surface area (Å²) in [5, 5.41) is 18.5. The predicted molar refractivity (Wildman–Crippen MR) is 73.5 cm³/mol. The van der Waals surface area contributed by atoms with Crippen LogP contribution in [0.15, 0.2) is 0 Å². The highest BCUT2D eigenvalue weighted by Gasteiger charge is 2.28. The van der Waals surface area contributed by atoms with Gasteiger partial charge in [0.1, 0.15) is 5.69 Å². The fraction of sp³-hybridized carbons (Fsp3) is 0.750. The van der Waals surface area contributed by atoms with E-state index in [9.17, 15) is 10.1 Å². The molecule has 19 heavy (non-hydrogen) atoms. The van der Waals surface area contributed by atoms with E-state index in [4.69, 9.17) is 4.74 Å². The number of nitrogens with one attached hydrogen (secondary N) is 1. The molecule has 7 heteroatoms. The molecule has 0 saturated carbocycles. The molecule has 0 amide bonds. The fourth-order valence-electron chi connectivity index (χ4n) is 1.88. The molecule has 0 saturated heterocycles. The van der Waals surface area contributed by atoms with Crippen molar-refractivity contribution >= 4 is 11.5 Å². The van der Waals surface area contributed by atoms with Crippen LogP contribution in [-0.4, -0.2) is 34.0 Å². The third-order valence-electron chi connectivity index (χ3n) is 2.79. The number of anilines is 1. The molecule has 0 spiro atoms. The Labute approximate surface area is 113 Å². The number of aromatic nitrogens is 2. The molecular weight excluding hydrogens is 248 g/mol. The lowest BCUT2D eigenvalue weighted by atomic mass is 10.1. The molecule has 1 atom stereocenters. The molecule has 1 unspecified atom stereocenters. The van der Waals surface area contributed by atoms with Crippen LogP contribution in [0.4, 0.5) is 11.5 Å². The van der Waals surface area contributed by atoms with Crippen LogP contribution in [0.3, 0.4) is 0 Å². The van der Waals surface area contributed by atoms with Crippen molar-refractivity contribution < 1.29 is 9.66 Å². The maximum absolute atomic E-state index is 11.2. The number of ether oxygens (including phenoxy) is 1. The van der Waals surface area contributed by atoms with Crippen LogP contribution in [0.2, 0.25) is 0 Å². The van der Waals surface area contributed by atoms with Gasteiger partial charge in [0.25, 0.3) is 0 Å². The Morgan fingerprint density at radius 2 is 2.11 bits per heavy atom. The minimum Gasteiger partial charge on any atom is -0.377 e. The molecule has 0 aliphatic carbocycles. The summed E-state index contributed by atoms with van der Waals surface area (Å²) in [5.41, 5.74) is 0.556. The van der Waals surface area contributed by atoms with Crippen molar-refractivity contribution in [2.24, 2.45) is 7.05 Å². The van der Waals surface area contributed by atoms with Crippen molar-refractivity contribution in [2.45, 2.75) is 39.7 Å². The van der Waals surface area contributed by atoms with Crippen LogP contribution >= 0.6 is 0 Å². The second-order valence-electron chi connectivity index (χ2n) is 4.76. The second kappa shape index (κ2) is 6.51. The predicted octanol–water partition coefficient (Wildman–Crippen LogP) is 2.29. The highest BCUT2D eigenvalue weighted by molar-refractivity contribution is 5.60. The number of rotatable bonds is 7. The van der Waals surface area contributed by atoms with E-state index in [1.807, 2.05) is 27.7 Å². The number of aryl methyl sites for hydroxylation is 1. The van der Waals surface area contributed by atoms with E-state index in [0.29, 0.717) is 24.7 Å². The Hall–Kier alpha value is -1.63. The molecular formula is C12H22N4O3. The van der Waals surface area contributed by atoms with Gasteiger partial charge in [0.15, 0.2) is 0 Å². The summed E-state index contributed by atoms with van der Waals surface area (Å²) in [6.45, 7) is 8.74. The van der Waals surface area contributed by atoms with E-state index >= 15 is 0 Å². The molecule has 1 aromatic heterocycles. The molecule has 108 valence electrons. The van der Waals surface area contributed by atoms with Crippen LogP contribution in [0, 0.1) is 10.1 Å². The van der Waals surface area contributed by atoms with Crippen molar-refractivity contribution in [1.29, 1.82) is 0 Å². The lowest BCUT2D eigenvalue weighted by Gasteiger charge is -2.13. The van der Waals surface area contributed by atoms with Crippen molar-refractivity contribution in [3.63, 3.8) is 0 Å². The molecule has 0 fully saturated rings. The highest BCUT2D eigenvalue weighted by atomic mass is 16.6. The van der Waals surface area contributed by atoms with Crippen LogP contribution < -0.4 is 5.32 Å². The van der Waals surface area contributed by atoms with Crippen LogP contribution in [0.1, 0.15) is 39.3 Å². The first-order valence-corrected chi connectivity index (χ1v) is 6.45. The first-order valence-electron chi connectivity index (χ1n) is 6.45. The van der Waals surface area contributed by atoms with Crippen LogP contribution in [-0.2, 0) is 11.8 Å². The Bertz CT molecular complexity index is 442. The van der Waals surface area contributed by atoms with Gasteiger partial charge in [-0.3, -0.25) is 10.1 Å². The number of nitro groups is 1. The van der Waals surface area contributed by atoms with Gasteiger partial charge in [-0.05, 0) is 13.8 Å². The molecule has 1 rings (SSSR count). The van der Waals surface area contributed by atoms with Gasteiger partial charge in [0.2, 0.25) is 5.82 Å². The molecule has 0 aromatic carbocycles. The van der Waals surface area contributed by atoms with E-state index in [1.54, 1.807) is 7.05 Å². The maximum Gasteiger partial charge on any atom is 0.334 e. The normalized spacial score (nSPS) is 12.7. The van der Waals surface area contributed by atoms with Gasteiger partial charge >= 0.3 is 5.69 Å². The van der Waals surface area contributed by atoms with E-state index < -0.39 is 0 Å². The Morgan fingerprint density at radius 3 is 2.58 bits per heavy atom. The van der Waals surface area contributed by atoms with Gasteiger partial charge < -0.3 is 10.1 Å². The third kappa shape index (κ3) is 3.66. The minimum absolute atomic E-state index is 0.00599. The molecule has 0 bridgehead atoms. The summed E-state index contributed by atoms with van der Waals surface area (Å²) >= 11 is 0. The molecule has 1 N–H and O–H groups in total. The first-order chi connectivity index (χ1) is 8.88. The molecule has 1 aromatic rings. The lowest BCUT2D eigenvalue weighted by molar-refractivity contribution is -0.384. The van der Waals surface area contributed by atoms with Gasteiger partial charge in [-0.2, -0.15) is 5.10 Å². The standard InChI is InChI=1S/C12H22N4O3/c1-6-19-9(4)7-13-12-11(16(17)18)10(8(2)3)14-15(12)5/h8-9,13H,6-7H2,1-5H3. The summed E-state index contributed by atoms with van der Waals surface area (Å²) in [5.74, 6) is 0.437. The maximum atomic E-state index is 11.2. The van der Waals surface area contributed by atoms with Crippen molar-refractivity contribution in [1.82, 2.24) is 9.78 Å². The smallest absolute Gasteiger partial charge is 0.334 e. The molecule has 1 heterocycles. The molecule has 0 aliphatic heterocycles. The lowest BCUT2D eigenvalue weighted by Crippen LogP contribution is -2.21. The third-order valence-corrected chi connectivity index (χ3v) is 2.79. The zero-order valence-electron chi connectivity index (χ0n) is 12.1. The van der Waals surface area contributed by atoms with E-state index in [1.165, 1.54) is 4.68 Å². The largest absolute Gasteiger partial charge is 0.377 e. The van der Waals surface area contributed by atoms with E-state index in [0.717, 1.165) is 0 Å². The summed E-state index contributed by atoms with van der Waals surface area (Å²) in [7, 11) is 1.70. The second-order valence-corrected chi connectivity index (χ2v) is 4.76. The fourth-order valence-corrected chi connectivity index (χ4v) is 1.88. The van der Waals surface area contributed by atoms with Gasteiger partial charge in [0.05, 0.1) is 11.0 Å². The van der Waals surface area contributed by atoms with Crippen LogP contribution in [0.5, 0.6) is 0 Å². The summed E-state index contributed by atoms with van der Waals surface area (Å²) < 4.78 is 6.92. The minimum atomic E-state index is -0.379. The average molecular weight is 270 g/mol. The Balaban J connectivity index is 2.96.